The summed E-state index contributed by atoms with van der Waals surface area (Å²) in [5, 5.41) is 1.66. The first-order valence-corrected chi connectivity index (χ1v) is 14.8. The Morgan fingerprint density at radius 1 is 0.413 bits per heavy atom. The maximum absolute atomic E-state index is 9.19. The van der Waals surface area contributed by atoms with Crippen molar-refractivity contribution < 1.29 is 22.2 Å². The molecule has 1 nitrogen and oxygen atoms in total. The Labute approximate surface area is 286 Å². The predicted octanol–water partition coefficient (Wildman–Crippen LogP) is 12.5. The van der Waals surface area contributed by atoms with Crippen LogP contribution in [0.3, 0.4) is 0 Å². The van der Waals surface area contributed by atoms with Crippen molar-refractivity contribution in [1.82, 2.24) is 0 Å². The fourth-order valence-electron chi connectivity index (χ4n) is 6.31. The number of benzene rings is 8. The Kier molecular flexibility index (Phi) is 3.89. The summed E-state index contributed by atoms with van der Waals surface area (Å²) in [5.41, 5.74) is 5.62. The van der Waals surface area contributed by atoms with Gasteiger partial charge in [-0.2, -0.15) is 0 Å². The molecule has 0 saturated carbocycles. The van der Waals surface area contributed by atoms with Crippen LogP contribution in [0.15, 0.2) is 174 Å². The van der Waals surface area contributed by atoms with Crippen molar-refractivity contribution >= 4 is 43.5 Å². The van der Waals surface area contributed by atoms with E-state index >= 15 is 0 Å². The quantitative estimate of drug-likeness (QED) is 0.179. The fraction of sp³-hybridized carbons (Fsp3) is 0.0222. The van der Waals surface area contributed by atoms with Crippen LogP contribution < -0.4 is 0 Å². The van der Waals surface area contributed by atoms with E-state index in [9.17, 15) is 2.74 Å². The van der Waals surface area contributed by atoms with Gasteiger partial charge in [0.2, 0.25) is 0 Å². The molecule has 9 rings (SSSR count). The summed E-state index contributed by atoms with van der Waals surface area (Å²) < 4.78 is 119. The number of hydrogen-bond acceptors (Lipinski definition) is 1. The summed E-state index contributed by atoms with van der Waals surface area (Å²) in [6.07, 6.45) is -0.482. The van der Waals surface area contributed by atoms with Gasteiger partial charge in [-0.3, -0.25) is 0 Å². The molecule has 0 aliphatic rings. The van der Waals surface area contributed by atoms with Gasteiger partial charge in [0.05, 0.1) is 17.8 Å². The lowest BCUT2D eigenvalue weighted by molar-refractivity contribution is 0.669. The van der Waals surface area contributed by atoms with Gasteiger partial charge in [0.15, 0.2) is 0 Å². The van der Waals surface area contributed by atoms with Crippen molar-refractivity contribution in [3.63, 3.8) is 0 Å². The molecular formula is C45H30O. The third kappa shape index (κ3) is 4.48. The van der Waals surface area contributed by atoms with E-state index in [-0.39, 0.29) is 38.2 Å². The van der Waals surface area contributed by atoms with Crippen LogP contribution in [-0.2, 0) is 6.42 Å². The lowest BCUT2D eigenvalue weighted by Gasteiger charge is -2.18. The summed E-state index contributed by atoms with van der Waals surface area (Å²) in [6, 6.07) is 22.1. The van der Waals surface area contributed by atoms with Crippen LogP contribution in [0.4, 0.5) is 0 Å². The molecule has 0 bridgehead atoms. The SMILES string of the molecule is [2H]c1c([2H])c([2H])c(Cc2c3c([2H])c([2H])c([2H])c([2H])c3c(-c3ccc(-c4ccc5oc6ccc(-c7ccccc7)cc6c5c4)cc3)c3c([2H])c([2H])c([2H])c([2H])c23)c([2H])c1[2H]. The Balaban J connectivity index is 1.29. The molecule has 1 heteroatoms. The van der Waals surface area contributed by atoms with E-state index in [1.807, 2.05) is 72.8 Å². The molecule has 1 heterocycles. The minimum atomic E-state index is -0.615. The summed E-state index contributed by atoms with van der Waals surface area (Å²) in [6.45, 7) is 0. The molecule has 0 N–H and O–H groups in total. The zero-order valence-corrected chi connectivity index (χ0v) is 24.3. The maximum Gasteiger partial charge on any atom is 0.135 e. The Morgan fingerprint density at radius 2 is 0.891 bits per heavy atom. The van der Waals surface area contributed by atoms with E-state index in [0.29, 0.717) is 5.56 Å². The monoisotopic (exact) mass is 599 g/mol. The Morgan fingerprint density at radius 3 is 1.48 bits per heavy atom. The molecule has 0 aliphatic heterocycles. The van der Waals surface area contributed by atoms with Gasteiger partial charge in [0.25, 0.3) is 0 Å². The van der Waals surface area contributed by atoms with Crippen LogP contribution in [0, 0.1) is 0 Å². The number of rotatable bonds is 5. The highest BCUT2D eigenvalue weighted by atomic mass is 16.3. The summed E-state index contributed by atoms with van der Waals surface area (Å²) >= 11 is 0. The predicted molar refractivity (Wildman–Crippen MR) is 194 cm³/mol. The molecule has 46 heavy (non-hydrogen) atoms. The van der Waals surface area contributed by atoms with Crippen molar-refractivity contribution in [2.75, 3.05) is 0 Å². The van der Waals surface area contributed by atoms with Gasteiger partial charge in [-0.05, 0) is 96.7 Å². The van der Waals surface area contributed by atoms with E-state index in [2.05, 4.69) is 6.07 Å². The molecule has 0 fully saturated rings. The van der Waals surface area contributed by atoms with Gasteiger partial charge in [-0.1, -0.05) is 145 Å². The second kappa shape index (κ2) is 10.9. The van der Waals surface area contributed by atoms with Crippen LogP contribution in [0.2, 0.25) is 0 Å². The van der Waals surface area contributed by atoms with E-state index in [0.717, 1.165) is 44.2 Å². The lowest BCUT2D eigenvalue weighted by atomic mass is 9.86. The van der Waals surface area contributed by atoms with Crippen molar-refractivity contribution in [3.8, 4) is 33.4 Å². The molecule has 216 valence electrons. The average molecular weight is 600 g/mol. The normalized spacial score (nSPS) is 15.5. The molecule has 1 aromatic heterocycles. The molecule has 0 saturated heterocycles. The van der Waals surface area contributed by atoms with E-state index in [4.69, 9.17) is 19.5 Å². The van der Waals surface area contributed by atoms with Crippen LogP contribution in [-0.4, -0.2) is 0 Å². The second-order valence-corrected chi connectivity index (χ2v) is 11.1. The molecule has 0 aliphatic carbocycles. The Bertz CT molecular complexity index is 3160. The van der Waals surface area contributed by atoms with E-state index < -0.39 is 85.0 Å². The van der Waals surface area contributed by atoms with Crippen LogP contribution in [0.1, 0.15) is 28.9 Å². The van der Waals surface area contributed by atoms with Gasteiger partial charge < -0.3 is 4.42 Å². The molecule has 0 amide bonds. The number of hydrogen-bond donors (Lipinski definition) is 0. The van der Waals surface area contributed by atoms with E-state index in [1.165, 1.54) is 0 Å². The van der Waals surface area contributed by atoms with Crippen molar-refractivity contribution in [2.24, 2.45) is 0 Å². The lowest BCUT2D eigenvalue weighted by Crippen LogP contribution is -1.95. The number of furan rings is 1. The highest BCUT2D eigenvalue weighted by molar-refractivity contribution is 6.15. The largest absolute Gasteiger partial charge is 0.456 e. The highest BCUT2D eigenvalue weighted by Crippen LogP contribution is 2.41. The smallest absolute Gasteiger partial charge is 0.135 e. The molecule has 0 unspecified atom stereocenters. The minimum Gasteiger partial charge on any atom is -0.456 e. The summed E-state index contributed by atoms with van der Waals surface area (Å²) in [7, 11) is 0. The van der Waals surface area contributed by atoms with Crippen LogP contribution in [0.25, 0.3) is 76.9 Å². The molecule has 0 atom stereocenters. The van der Waals surface area contributed by atoms with Crippen LogP contribution in [0.5, 0.6) is 0 Å². The zero-order chi connectivity index (χ0) is 41.8. The van der Waals surface area contributed by atoms with Gasteiger partial charge in [0, 0.05) is 10.8 Å². The molecule has 0 radical (unpaired) electrons. The van der Waals surface area contributed by atoms with Gasteiger partial charge in [-0.15, -0.1) is 0 Å². The highest BCUT2D eigenvalue weighted by Gasteiger charge is 2.16. The first-order valence-electron chi connectivity index (χ1n) is 21.3. The second-order valence-electron chi connectivity index (χ2n) is 11.1. The number of fused-ring (bicyclic) bond motifs is 5. The van der Waals surface area contributed by atoms with Crippen molar-refractivity contribution in [2.45, 2.75) is 6.42 Å². The molecule has 8 aromatic carbocycles. The van der Waals surface area contributed by atoms with Gasteiger partial charge >= 0.3 is 0 Å². The Hall–Kier alpha value is -5.92. The fourth-order valence-corrected chi connectivity index (χ4v) is 6.31. The molecule has 9 aromatic rings. The van der Waals surface area contributed by atoms with E-state index in [1.54, 1.807) is 12.1 Å². The summed E-state index contributed by atoms with van der Waals surface area (Å²) in [5.74, 6) is 0. The van der Waals surface area contributed by atoms with Crippen LogP contribution >= 0.6 is 0 Å². The van der Waals surface area contributed by atoms with Crippen molar-refractivity contribution in [1.29, 1.82) is 0 Å². The maximum atomic E-state index is 9.19. The summed E-state index contributed by atoms with van der Waals surface area (Å²) in [4.78, 5) is 0. The third-order valence-corrected chi connectivity index (χ3v) is 8.47. The molecule has 0 spiro atoms. The van der Waals surface area contributed by atoms with Gasteiger partial charge in [-0.25, -0.2) is 0 Å². The van der Waals surface area contributed by atoms with Gasteiger partial charge in [0.1, 0.15) is 11.2 Å². The standard InChI is InChI=1S/C45H30O/c1-3-11-30(12-4-1)27-40-36-15-7-9-17-38(36)45(39-18-10-8-16-37(39)40)33-21-19-32(20-22-33)35-24-26-44-42(29-35)41-28-34(23-25-43(41)46-44)31-13-5-2-6-14-31/h1-26,28-29H,27H2/i1D,3D,4D,7D,8D,9D,10D,11D,12D,15D,16D,17D,18D. The third-order valence-electron chi connectivity index (χ3n) is 8.47. The first-order chi connectivity index (χ1) is 28.2. The topological polar surface area (TPSA) is 13.1 Å². The average Bonchev–Trinajstić information content (AvgIpc) is 3.63. The minimum absolute atomic E-state index is 0.0102. The first kappa shape index (κ1) is 16.4. The zero-order valence-electron chi connectivity index (χ0n) is 37.3. The van der Waals surface area contributed by atoms with Crippen molar-refractivity contribution in [3.05, 3.63) is 181 Å². The molecular weight excluding hydrogens is 556 g/mol.